The van der Waals surface area contributed by atoms with Gasteiger partial charge in [-0.1, -0.05) is 29.8 Å². The minimum Gasteiger partial charge on any atom is -0.494 e. The van der Waals surface area contributed by atoms with Gasteiger partial charge in [-0.3, -0.25) is 13.8 Å². The summed E-state index contributed by atoms with van der Waals surface area (Å²) in [6, 6.07) is 25.0. The third-order valence-corrected chi connectivity index (χ3v) is 9.19. The van der Waals surface area contributed by atoms with Gasteiger partial charge < -0.3 is 10.1 Å². The quantitative estimate of drug-likeness (QED) is 0.264. The number of nitrogens with zero attached hydrogens (tertiary/aromatic N) is 1. The molecule has 0 aliphatic carbocycles. The van der Waals surface area contributed by atoms with E-state index < -0.39 is 26.0 Å². The van der Waals surface area contributed by atoms with Crippen molar-refractivity contribution in [2.75, 3.05) is 28.0 Å². The van der Waals surface area contributed by atoms with Crippen LogP contribution in [0.4, 0.5) is 17.1 Å². The van der Waals surface area contributed by atoms with Crippen molar-refractivity contribution in [1.29, 1.82) is 0 Å². The largest absolute Gasteiger partial charge is 0.494 e. The molecular weight excluding hydrogens is 550 g/mol. The van der Waals surface area contributed by atoms with Crippen molar-refractivity contribution in [1.82, 2.24) is 0 Å². The van der Waals surface area contributed by atoms with E-state index in [0.29, 0.717) is 23.7 Å². The van der Waals surface area contributed by atoms with Gasteiger partial charge in [0.25, 0.3) is 26.0 Å². The second kappa shape index (κ2) is 11.8. The van der Waals surface area contributed by atoms with Crippen molar-refractivity contribution in [3.05, 3.63) is 108 Å². The summed E-state index contributed by atoms with van der Waals surface area (Å²) in [5.41, 5.74) is 1.96. The summed E-state index contributed by atoms with van der Waals surface area (Å²) < 4.78 is 61.0. The van der Waals surface area contributed by atoms with Gasteiger partial charge in [0.05, 0.1) is 27.6 Å². The minimum absolute atomic E-state index is 0.00343. The van der Waals surface area contributed by atoms with Gasteiger partial charge in [0.1, 0.15) is 5.75 Å². The van der Waals surface area contributed by atoms with Gasteiger partial charge in [-0.25, -0.2) is 16.8 Å². The first-order valence-electron chi connectivity index (χ1n) is 12.3. The van der Waals surface area contributed by atoms with Crippen molar-refractivity contribution in [3.8, 4) is 5.75 Å². The zero-order chi connectivity index (χ0) is 28.9. The number of carbonyl (C=O) groups excluding carboxylic acids is 1. The van der Waals surface area contributed by atoms with Gasteiger partial charge in [0.15, 0.2) is 0 Å². The molecule has 0 aliphatic heterocycles. The first-order valence-corrected chi connectivity index (χ1v) is 15.3. The number of nitrogens with one attached hydrogen (secondary N) is 2. The maximum Gasteiger partial charge on any atom is 0.264 e. The van der Waals surface area contributed by atoms with Gasteiger partial charge in [-0.15, -0.1) is 0 Å². The first kappa shape index (κ1) is 28.7. The lowest BCUT2D eigenvalue weighted by atomic mass is 10.1. The molecule has 11 heteroatoms. The molecule has 0 atom stereocenters. The number of para-hydroxylation sites is 1. The minimum atomic E-state index is -3.92. The molecule has 9 nitrogen and oxygen atoms in total. The van der Waals surface area contributed by atoms with Gasteiger partial charge in [-0.05, 0) is 86.6 Å². The molecule has 0 fully saturated rings. The predicted octanol–water partition coefficient (Wildman–Crippen LogP) is 5.27. The molecule has 4 rings (SSSR count). The highest BCUT2D eigenvalue weighted by molar-refractivity contribution is 7.93. The van der Waals surface area contributed by atoms with Gasteiger partial charge in [0.2, 0.25) is 0 Å². The number of ether oxygens (including phenoxy) is 1. The van der Waals surface area contributed by atoms with Gasteiger partial charge >= 0.3 is 0 Å². The Balaban J connectivity index is 1.50. The lowest BCUT2D eigenvalue weighted by molar-refractivity contribution is 0.102. The Hall–Kier alpha value is -4.35. The number of sulfonamides is 2. The monoisotopic (exact) mass is 579 g/mol. The maximum atomic E-state index is 13.2. The van der Waals surface area contributed by atoms with Crippen molar-refractivity contribution in [2.24, 2.45) is 0 Å². The van der Waals surface area contributed by atoms with Gasteiger partial charge in [-0.2, -0.15) is 0 Å². The Morgan fingerprint density at radius 2 is 1.35 bits per heavy atom. The Labute approximate surface area is 234 Å². The molecule has 40 heavy (non-hydrogen) atoms. The van der Waals surface area contributed by atoms with Crippen LogP contribution in [0.15, 0.2) is 107 Å². The average Bonchev–Trinajstić information content (AvgIpc) is 2.94. The Kier molecular flexibility index (Phi) is 8.46. The molecule has 0 aliphatic rings. The summed E-state index contributed by atoms with van der Waals surface area (Å²) in [5, 5.41) is 2.71. The van der Waals surface area contributed by atoms with E-state index >= 15 is 0 Å². The van der Waals surface area contributed by atoms with E-state index in [9.17, 15) is 21.6 Å². The number of hydrogen-bond acceptors (Lipinski definition) is 6. The van der Waals surface area contributed by atoms with E-state index in [-0.39, 0.29) is 21.0 Å². The van der Waals surface area contributed by atoms with E-state index in [2.05, 4.69) is 10.0 Å². The number of anilines is 3. The predicted molar refractivity (Wildman–Crippen MR) is 156 cm³/mol. The molecule has 4 aromatic carbocycles. The number of rotatable bonds is 10. The fourth-order valence-corrected chi connectivity index (χ4v) is 6.13. The molecule has 0 saturated heterocycles. The topological polar surface area (TPSA) is 122 Å². The van der Waals surface area contributed by atoms with Crippen molar-refractivity contribution >= 4 is 43.0 Å². The lowest BCUT2D eigenvalue weighted by Crippen LogP contribution is -2.29. The molecule has 0 radical (unpaired) electrons. The highest BCUT2D eigenvalue weighted by atomic mass is 32.2. The first-order chi connectivity index (χ1) is 19.0. The van der Waals surface area contributed by atoms with E-state index in [0.717, 1.165) is 9.87 Å². The third-order valence-electron chi connectivity index (χ3n) is 6.01. The normalized spacial score (nSPS) is 11.5. The van der Waals surface area contributed by atoms with Crippen LogP contribution in [0.2, 0.25) is 0 Å². The molecule has 0 bridgehead atoms. The van der Waals surface area contributed by atoms with Crippen molar-refractivity contribution in [3.63, 3.8) is 0 Å². The Bertz CT molecular complexity index is 1700. The fourth-order valence-electron chi connectivity index (χ4n) is 3.85. The standard InChI is InChI=1S/C29H29N3O6S2/c1-4-38-24-15-11-23(12-16-24)31-39(34,35)25-19-13-22(14-20-25)30-29(33)27-7-5-6-8-28(27)32(3)40(36,37)26-17-9-21(2)10-18-26/h5-20,31H,4H2,1-3H3,(H,30,33). The van der Waals surface area contributed by atoms with E-state index in [1.54, 1.807) is 54.6 Å². The summed E-state index contributed by atoms with van der Waals surface area (Å²) in [7, 11) is -6.41. The second-order valence-electron chi connectivity index (χ2n) is 8.84. The second-order valence-corrected chi connectivity index (χ2v) is 12.5. The van der Waals surface area contributed by atoms with Crippen LogP contribution in [0, 0.1) is 6.92 Å². The van der Waals surface area contributed by atoms with Crippen LogP contribution in [-0.4, -0.2) is 36.4 Å². The summed E-state index contributed by atoms with van der Waals surface area (Å²) in [6.45, 7) is 4.22. The highest BCUT2D eigenvalue weighted by Gasteiger charge is 2.25. The van der Waals surface area contributed by atoms with Crippen LogP contribution in [-0.2, 0) is 20.0 Å². The molecule has 1 amide bonds. The number of benzene rings is 4. The Morgan fingerprint density at radius 3 is 1.98 bits per heavy atom. The Morgan fingerprint density at radius 1 is 0.775 bits per heavy atom. The van der Waals surface area contributed by atoms with E-state index in [1.807, 2.05) is 13.8 Å². The summed E-state index contributed by atoms with van der Waals surface area (Å²) in [5.74, 6) is 0.0794. The maximum absolute atomic E-state index is 13.2. The smallest absolute Gasteiger partial charge is 0.264 e. The molecule has 0 unspecified atom stereocenters. The van der Waals surface area contributed by atoms with Crippen LogP contribution < -0.4 is 19.1 Å². The molecule has 0 heterocycles. The summed E-state index contributed by atoms with van der Waals surface area (Å²) in [6.07, 6.45) is 0. The number of hydrogen-bond donors (Lipinski definition) is 2. The number of carbonyl (C=O) groups is 1. The molecular formula is C29H29N3O6S2. The van der Waals surface area contributed by atoms with Crippen LogP contribution in [0.1, 0.15) is 22.8 Å². The molecule has 0 spiro atoms. The molecule has 4 aromatic rings. The SMILES string of the molecule is CCOc1ccc(NS(=O)(=O)c2ccc(NC(=O)c3ccccc3N(C)S(=O)(=O)c3ccc(C)cc3)cc2)cc1. The molecule has 0 saturated carbocycles. The van der Waals surface area contributed by atoms with Crippen molar-refractivity contribution in [2.45, 2.75) is 23.6 Å². The van der Waals surface area contributed by atoms with Gasteiger partial charge in [0, 0.05) is 18.4 Å². The van der Waals surface area contributed by atoms with Crippen LogP contribution in [0.25, 0.3) is 0 Å². The van der Waals surface area contributed by atoms with E-state index in [4.69, 9.17) is 4.74 Å². The van der Waals surface area contributed by atoms with E-state index in [1.165, 1.54) is 49.5 Å². The van der Waals surface area contributed by atoms with Crippen LogP contribution in [0.3, 0.4) is 0 Å². The zero-order valence-electron chi connectivity index (χ0n) is 22.2. The number of aryl methyl sites for hydroxylation is 1. The van der Waals surface area contributed by atoms with Crippen molar-refractivity contribution < 1.29 is 26.4 Å². The lowest BCUT2D eigenvalue weighted by Gasteiger charge is -2.22. The number of amides is 1. The average molecular weight is 580 g/mol. The van der Waals surface area contributed by atoms with Crippen LogP contribution in [0.5, 0.6) is 5.75 Å². The highest BCUT2D eigenvalue weighted by Crippen LogP contribution is 2.27. The summed E-state index contributed by atoms with van der Waals surface area (Å²) in [4.78, 5) is 13.3. The summed E-state index contributed by atoms with van der Waals surface area (Å²) >= 11 is 0. The molecule has 208 valence electrons. The molecule has 2 N–H and O–H groups in total. The fraction of sp³-hybridized carbons (Fsp3) is 0.138. The third kappa shape index (κ3) is 6.44. The molecule has 0 aromatic heterocycles. The van der Waals surface area contributed by atoms with Crippen LogP contribution >= 0.6 is 0 Å². The zero-order valence-corrected chi connectivity index (χ0v) is 23.8.